The van der Waals surface area contributed by atoms with Gasteiger partial charge >= 0.3 is 0 Å². The first kappa shape index (κ1) is 5.47. The van der Waals surface area contributed by atoms with Crippen molar-refractivity contribution >= 4 is 5.90 Å². The molecule has 0 aliphatic rings. The molecule has 2 nitrogen and oxygen atoms in total. The molecule has 0 heterocycles. The van der Waals surface area contributed by atoms with E-state index < -0.39 is 0 Å². The van der Waals surface area contributed by atoms with E-state index in [1.807, 2.05) is 6.92 Å². The summed E-state index contributed by atoms with van der Waals surface area (Å²) < 4.78 is 4.51. The van der Waals surface area contributed by atoms with Crippen LogP contribution in [0, 0.1) is 0 Å². The smallest absolute Gasteiger partial charge is 0.205 e. The quantitative estimate of drug-likeness (QED) is 0.332. The fraction of sp³-hybridized carbons (Fsp3) is 0.750. The van der Waals surface area contributed by atoms with Gasteiger partial charge in [0.25, 0.3) is 0 Å². The summed E-state index contributed by atoms with van der Waals surface area (Å²) in [7, 11) is 0. The summed E-state index contributed by atoms with van der Waals surface area (Å²) in [6.07, 6.45) is 0. The maximum Gasteiger partial charge on any atom is 0.205 e. The number of rotatable bonds is 1. The van der Waals surface area contributed by atoms with Crippen molar-refractivity contribution in [2.75, 3.05) is 6.61 Å². The summed E-state index contributed by atoms with van der Waals surface area (Å²) in [4.78, 5) is 0. The van der Waals surface area contributed by atoms with Crippen LogP contribution in [-0.2, 0) is 4.74 Å². The van der Waals surface area contributed by atoms with Crippen LogP contribution in [0.3, 0.4) is 0 Å². The molecular formula is C4H8NO. The van der Waals surface area contributed by atoms with Gasteiger partial charge in [-0.2, -0.15) is 0 Å². The van der Waals surface area contributed by atoms with Gasteiger partial charge in [-0.05, 0) is 6.92 Å². The van der Waals surface area contributed by atoms with Crippen molar-refractivity contribution in [3.05, 3.63) is 0 Å². The Morgan fingerprint density at radius 2 is 2.33 bits per heavy atom. The number of ether oxygens (including phenoxy) is 1. The molecule has 0 amide bonds. The largest absolute Gasteiger partial charge is 0.480 e. The Hall–Kier alpha value is -0.530. The van der Waals surface area contributed by atoms with Crippen LogP contribution in [0.25, 0.3) is 0 Å². The number of hydrogen-bond acceptors (Lipinski definition) is 1. The molecule has 0 spiro atoms. The van der Waals surface area contributed by atoms with Crippen molar-refractivity contribution in [3.63, 3.8) is 0 Å². The Morgan fingerprint density at radius 1 is 1.83 bits per heavy atom. The first-order chi connectivity index (χ1) is 2.77. The summed E-state index contributed by atoms with van der Waals surface area (Å²) in [6.45, 7) is 3.87. The summed E-state index contributed by atoms with van der Waals surface area (Å²) in [5.74, 6) is 0.0394. The zero-order chi connectivity index (χ0) is 4.99. The van der Waals surface area contributed by atoms with E-state index in [0.29, 0.717) is 6.61 Å². The van der Waals surface area contributed by atoms with Crippen molar-refractivity contribution in [1.29, 1.82) is 0 Å². The van der Waals surface area contributed by atoms with E-state index in [1.165, 1.54) is 6.92 Å². The second-order valence-corrected chi connectivity index (χ2v) is 0.952. The number of hydrogen-bond donors (Lipinski definition) is 0. The molecule has 0 aliphatic carbocycles. The minimum absolute atomic E-state index is 0.0394. The van der Waals surface area contributed by atoms with Gasteiger partial charge in [0.2, 0.25) is 5.90 Å². The zero-order valence-electron chi connectivity index (χ0n) is 4.06. The van der Waals surface area contributed by atoms with E-state index in [0.717, 1.165) is 0 Å². The lowest BCUT2D eigenvalue weighted by molar-refractivity contribution is 0.325. The fourth-order valence-corrected chi connectivity index (χ4v) is 0.209. The molecule has 0 saturated heterocycles. The molecule has 0 rings (SSSR count). The SMILES string of the molecule is CCOC(C)=[N]. The van der Waals surface area contributed by atoms with Gasteiger partial charge in [0.05, 0.1) is 6.61 Å². The molecule has 0 atom stereocenters. The summed E-state index contributed by atoms with van der Waals surface area (Å²) >= 11 is 0. The Bertz CT molecular complexity index is 51.5. The van der Waals surface area contributed by atoms with E-state index in [2.05, 4.69) is 4.74 Å². The molecule has 0 bridgehead atoms. The average Bonchev–Trinajstić information content (AvgIpc) is 1.35. The molecule has 0 N–H and O–H groups in total. The molecule has 2 heteroatoms. The third-order valence-corrected chi connectivity index (χ3v) is 0.353. The third kappa shape index (κ3) is 3.47. The lowest BCUT2D eigenvalue weighted by atomic mass is 10.7. The lowest BCUT2D eigenvalue weighted by Crippen LogP contribution is -1.97. The highest BCUT2D eigenvalue weighted by Crippen LogP contribution is 1.68. The van der Waals surface area contributed by atoms with Gasteiger partial charge in [-0.1, -0.05) is 0 Å². The molecule has 6 heavy (non-hydrogen) atoms. The molecule has 35 valence electrons. The van der Waals surface area contributed by atoms with Crippen molar-refractivity contribution in [2.24, 2.45) is 0 Å². The predicted octanol–water partition coefficient (Wildman–Crippen LogP) is 0.241. The van der Waals surface area contributed by atoms with Crippen LogP contribution in [0.1, 0.15) is 13.8 Å². The monoisotopic (exact) mass is 86.1 g/mol. The minimum Gasteiger partial charge on any atom is -0.480 e. The first-order valence-corrected chi connectivity index (χ1v) is 1.92. The predicted molar refractivity (Wildman–Crippen MR) is 24.4 cm³/mol. The molecular weight excluding hydrogens is 78.0 g/mol. The second-order valence-electron chi connectivity index (χ2n) is 0.952. The highest BCUT2D eigenvalue weighted by atomic mass is 16.5. The van der Waals surface area contributed by atoms with Gasteiger partial charge in [-0.25, -0.2) is 0 Å². The Kier molecular flexibility index (Phi) is 2.46. The highest BCUT2D eigenvalue weighted by Gasteiger charge is 1.77. The van der Waals surface area contributed by atoms with Crippen LogP contribution < -0.4 is 5.41 Å². The topological polar surface area (TPSA) is 31.5 Å². The lowest BCUT2D eigenvalue weighted by Gasteiger charge is -1.91. The van der Waals surface area contributed by atoms with Crippen LogP contribution >= 0.6 is 0 Å². The summed E-state index contributed by atoms with van der Waals surface area (Å²) in [6, 6.07) is 0. The van der Waals surface area contributed by atoms with Crippen molar-refractivity contribution in [1.82, 2.24) is 5.41 Å². The second kappa shape index (κ2) is 2.69. The van der Waals surface area contributed by atoms with Crippen molar-refractivity contribution in [2.45, 2.75) is 13.8 Å². The van der Waals surface area contributed by atoms with Crippen molar-refractivity contribution < 1.29 is 4.74 Å². The highest BCUT2D eigenvalue weighted by molar-refractivity contribution is 5.70. The number of nitrogens with zero attached hydrogens (tertiary/aromatic N) is 1. The van der Waals surface area contributed by atoms with Gasteiger partial charge < -0.3 is 4.74 Å². The maximum atomic E-state index is 8.25. The van der Waals surface area contributed by atoms with Gasteiger partial charge in [-0.3, -0.25) is 0 Å². The van der Waals surface area contributed by atoms with E-state index in [1.54, 1.807) is 0 Å². The van der Waals surface area contributed by atoms with Crippen LogP contribution in [0.4, 0.5) is 0 Å². The zero-order valence-corrected chi connectivity index (χ0v) is 4.06. The molecule has 0 aromatic carbocycles. The Morgan fingerprint density at radius 3 is 2.33 bits per heavy atom. The third-order valence-electron chi connectivity index (χ3n) is 0.353. The standard InChI is InChI=1S/C4H8NO/c1-3-6-4(2)5/h3H2,1-2H3. The van der Waals surface area contributed by atoms with Crippen LogP contribution in [0.2, 0.25) is 0 Å². The molecule has 0 saturated carbocycles. The molecule has 0 aliphatic heterocycles. The van der Waals surface area contributed by atoms with Gasteiger partial charge in [0, 0.05) is 6.92 Å². The van der Waals surface area contributed by atoms with Gasteiger partial charge in [0.15, 0.2) is 0 Å². The summed E-state index contributed by atoms with van der Waals surface area (Å²) in [5, 5.41) is 8.25. The molecule has 0 aromatic rings. The van der Waals surface area contributed by atoms with Gasteiger partial charge in [0.1, 0.15) is 0 Å². The van der Waals surface area contributed by atoms with Crippen molar-refractivity contribution in [3.8, 4) is 0 Å². The normalized spacial score (nSPS) is 7.67. The minimum atomic E-state index is 0.0394. The Balaban J connectivity index is 2.83. The first-order valence-electron chi connectivity index (χ1n) is 1.92. The molecule has 0 unspecified atom stereocenters. The van der Waals surface area contributed by atoms with E-state index in [-0.39, 0.29) is 5.90 Å². The van der Waals surface area contributed by atoms with Crippen LogP contribution in [-0.4, -0.2) is 12.5 Å². The van der Waals surface area contributed by atoms with E-state index >= 15 is 0 Å². The molecule has 0 aromatic heterocycles. The van der Waals surface area contributed by atoms with E-state index in [4.69, 9.17) is 5.41 Å². The summed E-state index contributed by atoms with van der Waals surface area (Å²) in [5.41, 5.74) is 0. The van der Waals surface area contributed by atoms with Crippen LogP contribution in [0.15, 0.2) is 0 Å². The average molecular weight is 86.1 g/mol. The Labute approximate surface area is 37.6 Å². The molecule has 0 fully saturated rings. The molecule has 1 radical (unpaired) electrons. The van der Waals surface area contributed by atoms with Crippen LogP contribution in [0.5, 0.6) is 0 Å². The van der Waals surface area contributed by atoms with E-state index in [9.17, 15) is 0 Å². The van der Waals surface area contributed by atoms with Gasteiger partial charge in [-0.15, -0.1) is 5.41 Å². The maximum absolute atomic E-state index is 8.25. The fourth-order valence-electron chi connectivity index (χ4n) is 0.209.